The van der Waals surface area contributed by atoms with Gasteiger partial charge in [-0.25, -0.2) is 9.97 Å². The second-order valence-electron chi connectivity index (χ2n) is 17.7. The van der Waals surface area contributed by atoms with Crippen molar-refractivity contribution in [1.82, 2.24) is 19.1 Å². The van der Waals surface area contributed by atoms with Crippen molar-refractivity contribution >= 4 is 61.8 Å². The highest BCUT2D eigenvalue weighted by atomic mass is 28.3. The summed E-state index contributed by atoms with van der Waals surface area (Å²) < 4.78 is 11.6. The maximum atomic E-state index is 6.99. The normalized spacial score (nSPS) is 13.0. The Morgan fingerprint density at radius 1 is 0.485 bits per heavy atom. The minimum absolute atomic E-state index is 0.713. The smallest absolute Gasteiger partial charge is 0.179 e. The molecule has 3 aromatic heterocycles. The Labute approximate surface area is 395 Å². The highest BCUT2D eigenvalue weighted by Crippen LogP contribution is 2.58. The summed E-state index contributed by atoms with van der Waals surface area (Å²) in [5.74, 6) is 2.63. The Bertz CT molecular complexity index is 3770. The molecule has 9 aromatic carbocycles. The van der Waals surface area contributed by atoms with Crippen molar-refractivity contribution in [2.45, 2.75) is 5.41 Å². The molecule has 6 heteroatoms. The molecule has 68 heavy (non-hydrogen) atoms. The van der Waals surface area contributed by atoms with Crippen LogP contribution in [0.15, 0.2) is 249 Å². The third kappa shape index (κ3) is 5.81. The van der Waals surface area contributed by atoms with Gasteiger partial charge in [-0.3, -0.25) is 4.57 Å². The van der Waals surface area contributed by atoms with Crippen LogP contribution in [-0.4, -0.2) is 27.2 Å². The minimum Gasteiger partial charge on any atom is -0.457 e. The van der Waals surface area contributed by atoms with E-state index in [4.69, 9.17) is 14.7 Å². The highest BCUT2D eigenvalue weighted by molar-refractivity contribution is 7.20. The van der Waals surface area contributed by atoms with E-state index in [2.05, 4.69) is 259 Å². The van der Waals surface area contributed by atoms with E-state index in [0.29, 0.717) is 0 Å². The Balaban J connectivity index is 1.10. The van der Waals surface area contributed by atoms with E-state index in [-0.39, 0.29) is 0 Å². The van der Waals surface area contributed by atoms with Gasteiger partial charge in [-0.2, -0.15) is 0 Å². The lowest BCUT2D eigenvalue weighted by Crippen LogP contribution is -2.74. The molecule has 13 rings (SSSR count). The summed E-state index contributed by atoms with van der Waals surface area (Å²) >= 11 is 0. The molecule has 0 N–H and O–H groups in total. The number of hydrogen-bond donors (Lipinski definition) is 0. The van der Waals surface area contributed by atoms with Gasteiger partial charge in [0.1, 0.15) is 23.0 Å². The molecule has 1 aliphatic heterocycles. The molecule has 0 radical (unpaired) electrons. The predicted molar refractivity (Wildman–Crippen MR) is 280 cm³/mol. The van der Waals surface area contributed by atoms with Crippen LogP contribution >= 0.6 is 0 Å². The van der Waals surface area contributed by atoms with E-state index in [0.717, 1.165) is 72.7 Å². The van der Waals surface area contributed by atoms with Gasteiger partial charge in [-0.05, 0) is 86.5 Å². The molecular formula is C62H44N4OSi. The average Bonchev–Trinajstić information content (AvgIpc) is 3.94. The van der Waals surface area contributed by atoms with Gasteiger partial charge < -0.3 is 9.30 Å². The Morgan fingerprint density at radius 2 is 1.09 bits per heavy atom. The average molecular weight is 889 g/mol. The standard InChI is InChI=1S/C62H44N4OSi/c1-65-54-36-16-15-35-53(54)64-60(65)43-21-18-31-49(41-43)68(47-27-10-4-11-28-47,48-29-12-5-13-30-48)50-32-19-26-46(42-50)66-55-38-39-57-59(58(55)51-33-20-40-63-61(51)66)62(44-22-6-2-7-23-44,45-24-8-3-9-25-45)52-34-14-17-37-56(52)67-57/h2-42H,1H3. The highest BCUT2D eigenvalue weighted by Gasteiger charge is 2.47. The van der Waals surface area contributed by atoms with Crippen LogP contribution in [0.3, 0.4) is 0 Å². The number of benzene rings is 9. The molecule has 0 amide bonds. The third-order valence-electron chi connectivity index (χ3n) is 14.2. The summed E-state index contributed by atoms with van der Waals surface area (Å²) in [5, 5.41) is 7.31. The van der Waals surface area contributed by atoms with Crippen LogP contribution in [0.4, 0.5) is 0 Å². The molecule has 0 bridgehead atoms. The van der Waals surface area contributed by atoms with Gasteiger partial charge in [0.05, 0.1) is 22.0 Å². The molecule has 322 valence electrons. The summed E-state index contributed by atoms with van der Waals surface area (Å²) in [7, 11) is -0.948. The van der Waals surface area contributed by atoms with Crippen molar-refractivity contribution in [3.8, 4) is 28.6 Å². The molecule has 1 aliphatic rings. The molecular weight excluding hydrogens is 845 g/mol. The Kier molecular flexibility index (Phi) is 9.23. The van der Waals surface area contributed by atoms with E-state index < -0.39 is 13.5 Å². The number of aryl methyl sites for hydroxylation is 1. The quantitative estimate of drug-likeness (QED) is 0.113. The largest absolute Gasteiger partial charge is 0.457 e. The molecule has 0 unspecified atom stereocenters. The molecule has 4 heterocycles. The number of para-hydroxylation sites is 3. The summed E-state index contributed by atoms with van der Waals surface area (Å²) in [6, 6.07) is 88.2. The first-order valence-corrected chi connectivity index (χ1v) is 25.2. The second-order valence-corrected chi connectivity index (χ2v) is 21.5. The minimum atomic E-state index is -3.06. The van der Waals surface area contributed by atoms with Gasteiger partial charge in [0, 0.05) is 46.4 Å². The van der Waals surface area contributed by atoms with E-state index in [9.17, 15) is 0 Å². The lowest BCUT2D eigenvalue weighted by Gasteiger charge is -2.42. The first kappa shape index (κ1) is 39.8. The van der Waals surface area contributed by atoms with Crippen LogP contribution in [0.1, 0.15) is 22.3 Å². The molecule has 0 aliphatic carbocycles. The van der Waals surface area contributed by atoms with Gasteiger partial charge >= 0.3 is 0 Å². The van der Waals surface area contributed by atoms with Gasteiger partial charge in [-0.15, -0.1) is 0 Å². The number of rotatable bonds is 8. The van der Waals surface area contributed by atoms with Crippen LogP contribution in [0.2, 0.25) is 0 Å². The van der Waals surface area contributed by atoms with Gasteiger partial charge in [-0.1, -0.05) is 188 Å². The van der Waals surface area contributed by atoms with Crippen molar-refractivity contribution in [3.63, 3.8) is 0 Å². The lowest BCUT2D eigenvalue weighted by atomic mass is 9.63. The fourth-order valence-corrected chi connectivity index (χ4v) is 16.3. The van der Waals surface area contributed by atoms with Crippen LogP contribution < -0.4 is 25.5 Å². The van der Waals surface area contributed by atoms with Gasteiger partial charge in [0.2, 0.25) is 0 Å². The number of imidazole rings is 1. The monoisotopic (exact) mass is 888 g/mol. The second kappa shape index (κ2) is 15.8. The van der Waals surface area contributed by atoms with Crippen molar-refractivity contribution in [2.75, 3.05) is 0 Å². The van der Waals surface area contributed by atoms with Crippen LogP contribution in [0.25, 0.3) is 50.0 Å². The zero-order valence-corrected chi connectivity index (χ0v) is 38.4. The Hall–Kier alpha value is -8.58. The first-order valence-electron chi connectivity index (χ1n) is 23.2. The first-order chi connectivity index (χ1) is 33.7. The maximum absolute atomic E-state index is 6.99. The topological polar surface area (TPSA) is 44.9 Å². The summed E-state index contributed by atoms with van der Waals surface area (Å²) in [5.41, 5.74) is 10.0. The zero-order valence-electron chi connectivity index (χ0n) is 37.4. The van der Waals surface area contributed by atoms with E-state index in [1.807, 2.05) is 6.20 Å². The van der Waals surface area contributed by atoms with Gasteiger partial charge in [0.15, 0.2) is 8.07 Å². The molecule has 12 aromatic rings. The molecule has 0 saturated heterocycles. The maximum Gasteiger partial charge on any atom is 0.179 e. The van der Waals surface area contributed by atoms with Crippen molar-refractivity contribution in [3.05, 3.63) is 271 Å². The van der Waals surface area contributed by atoms with Crippen molar-refractivity contribution in [1.29, 1.82) is 0 Å². The summed E-state index contributed by atoms with van der Waals surface area (Å²) in [6.45, 7) is 0. The fourth-order valence-electron chi connectivity index (χ4n) is 11.4. The Morgan fingerprint density at radius 3 is 1.79 bits per heavy atom. The molecule has 0 spiro atoms. The third-order valence-corrected chi connectivity index (χ3v) is 19.0. The number of pyridine rings is 1. The SMILES string of the molecule is Cn1c(-c2cccc([Si](c3ccccc3)(c3ccccc3)c3cccc(-n4c5ccc6c(c5c5cccnc54)C(c4ccccc4)(c4ccccc4)c4ccccc4O6)c3)c2)nc2ccccc21. The van der Waals surface area contributed by atoms with Crippen LogP contribution in [0, 0.1) is 0 Å². The van der Waals surface area contributed by atoms with E-state index >= 15 is 0 Å². The molecule has 0 saturated carbocycles. The van der Waals surface area contributed by atoms with E-state index in [1.165, 1.54) is 31.9 Å². The number of fused-ring (bicyclic) bond motifs is 7. The lowest BCUT2D eigenvalue weighted by molar-refractivity contribution is 0.436. The van der Waals surface area contributed by atoms with Crippen molar-refractivity contribution in [2.24, 2.45) is 7.05 Å². The molecule has 5 nitrogen and oxygen atoms in total. The number of hydrogen-bond acceptors (Lipinski definition) is 3. The summed E-state index contributed by atoms with van der Waals surface area (Å²) in [4.78, 5) is 10.4. The number of ether oxygens (including phenoxy) is 1. The van der Waals surface area contributed by atoms with Crippen LogP contribution in [0.5, 0.6) is 11.5 Å². The van der Waals surface area contributed by atoms with E-state index in [1.54, 1.807) is 0 Å². The predicted octanol–water partition coefficient (Wildman–Crippen LogP) is 11.6. The molecule has 0 fully saturated rings. The summed E-state index contributed by atoms with van der Waals surface area (Å²) in [6.07, 6.45) is 1.92. The molecule has 0 atom stereocenters. The fraction of sp³-hybridized carbons (Fsp3) is 0.0323. The number of nitrogens with zero attached hydrogens (tertiary/aromatic N) is 4. The van der Waals surface area contributed by atoms with Crippen LogP contribution in [-0.2, 0) is 12.5 Å². The van der Waals surface area contributed by atoms with Gasteiger partial charge in [0.25, 0.3) is 0 Å². The van der Waals surface area contributed by atoms with Crippen molar-refractivity contribution < 1.29 is 4.74 Å². The number of aromatic nitrogens is 4. The zero-order chi connectivity index (χ0) is 45.2.